The van der Waals surface area contributed by atoms with E-state index in [0.717, 1.165) is 12.0 Å². The Kier molecular flexibility index (Phi) is 3.44. The van der Waals surface area contributed by atoms with Crippen LogP contribution in [0.2, 0.25) is 0 Å². The molecule has 4 nitrogen and oxygen atoms in total. The van der Waals surface area contributed by atoms with E-state index in [9.17, 15) is 10.2 Å². The number of allylic oxidation sites excluding steroid dienone is 3. The van der Waals surface area contributed by atoms with E-state index < -0.39 is 18.2 Å². The summed E-state index contributed by atoms with van der Waals surface area (Å²) in [5.74, 6) is -1.01. The van der Waals surface area contributed by atoms with E-state index in [2.05, 4.69) is 6.92 Å². The van der Waals surface area contributed by atoms with E-state index in [1.807, 2.05) is 18.2 Å². The standard InChI is InChI=1S/C12H18O4/c1-2-3-4-5-9-8-15-12(11(9)14)7-6-10(13)16-12/h3-5,10-11,13-14H,2,6-8H2,1H3/b4-3+,9-5+/t10-,11-,12+/m0/s1. The molecular formula is C12H18O4. The average molecular weight is 226 g/mol. The van der Waals surface area contributed by atoms with Crippen molar-refractivity contribution < 1.29 is 19.7 Å². The minimum atomic E-state index is -1.01. The molecule has 0 radical (unpaired) electrons. The molecule has 16 heavy (non-hydrogen) atoms. The van der Waals surface area contributed by atoms with Crippen molar-refractivity contribution in [3.8, 4) is 0 Å². The number of aliphatic hydroxyl groups is 2. The van der Waals surface area contributed by atoms with Crippen LogP contribution in [0.25, 0.3) is 0 Å². The van der Waals surface area contributed by atoms with Crippen molar-refractivity contribution in [1.82, 2.24) is 0 Å². The van der Waals surface area contributed by atoms with Gasteiger partial charge in [0.05, 0.1) is 6.61 Å². The van der Waals surface area contributed by atoms with E-state index in [-0.39, 0.29) is 0 Å². The minimum Gasteiger partial charge on any atom is -0.383 e. The molecule has 0 aromatic heterocycles. The molecule has 2 aliphatic heterocycles. The molecule has 0 amide bonds. The van der Waals surface area contributed by atoms with Gasteiger partial charge in [-0.2, -0.15) is 0 Å². The second kappa shape index (κ2) is 4.67. The van der Waals surface area contributed by atoms with Gasteiger partial charge in [0, 0.05) is 12.8 Å². The lowest BCUT2D eigenvalue weighted by Gasteiger charge is -2.25. The average Bonchev–Trinajstić information content (AvgIpc) is 2.78. The second-order valence-corrected chi connectivity index (χ2v) is 4.19. The zero-order valence-corrected chi connectivity index (χ0v) is 9.43. The van der Waals surface area contributed by atoms with Crippen LogP contribution < -0.4 is 0 Å². The van der Waals surface area contributed by atoms with Crippen LogP contribution in [-0.2, 0) is 9.47 Å². The molecule has 2 rings (SSSR count). The van der Waals surface area contributed by atoms with Crippen LogP contribution in [0.4, 0.5) is 0 Å². The molecule has 0 aromatic rings. The lowest BCUT2D eigenvalue weighted by Crippen LogP contribution is -2.39. The summed E-state index contributed by atoms with van der Waals surface area (Å²) < 4.78 is 10.8. The van der Waals surface area contributed by atoms with Crippen molar-refractivity contribution in [1.29, 1.82) is 0 Å². The fraction of sp³-hybridized carbons (Fsp3) is 0.667. The molecule has 2 heterocycles. The normalized spacial score (nSPS) is 41.8. The summed E-state index contributed by atoms with van der Waals surface area (Å²) in [7, 11) is 0. The number of ether oxygens (including phenoxy) is 2. The first kappa shape index (κ1) is 11.8. The molecule has 1 spiro atoms. The largest absolute Gasteiger partial charge is 0.383 e. The van der Waals surface area contributed by atoms with E-state index >= 15 is 0 Å². The summed E-state index contributed by atoms with van der Waals surface area (Å²) in [6, 6.07) is 0. The maximum absolute atomic E-state index is 10.1. The Balaban J connectivity index is 2.07. The number of hydrogen-bond acceptors (Lipinski definition) is 4. The van der Waals surface area contributed by atoms with Crippen LogP contribution >= 0.6 is 0 Å². The van der Waals surface area contributed by atoms with Gasteiger partial charge in [-0.1, -0.05) is 25.2 Å². The number of aliphatic hydroxyl groups excluding tert-OH is 2. The number of rotatable bonds is 2. The highest BCUT2D eigenvalue weighted by atomic mass is 16.8. The van der Waals surface area contributed by atoms with Gasteiger partial charge < -0.3 is 19.7 Å². The monoisotopic (exact) mass is 226 g/mol. The third kappa shape index (κ3) is 2.06. The van der Waals surface area contributed by atoms with Gasteiger partial charge in [-0.15, -0.1) is 0 Å². The van der Waals surface area contributed by atoms with E-state index in [1.165, 1.54) is 0 Å². The van der Waals surface area contributed by atoms with E-state index in [0.29, 0.717) is 19.4 Å². The Bertz CT molecular complexity index is 310. The Morgan fingerprint density at radius 1 is 1.50 bits per heavy atom. The summed E-state index contributed by atoms with van der Waals surface area (Å²) in [6.45, 7) is 2.41. The fourth-order valence-corrected chi connectivity index (χ4v) is 2.09. The van der Waals surface area contributed by atoms with Crippen LogP contribution in [0.1, 0.15) is 26.2 Å². The summed E-state index contributed by atoms with van der Waals surface area (Å²) in [5, 5.41) is 19.4. The first-order chi connectivity index (χ1) is 7.68. The fourth-order valence-electron chi connectivity index (χ4n) is 2.09. The second-order valence-electron chi connectivity index (χ2n) is 4.19. The van der Waals surface area contributed by atoms with Gasteiger partial charge in [0.2, 0.25) is 5.79 Å². The molecular weight excluding hydrogens is 208 g/mol. The third-order valence-electron chi connectivity index (χ3n) is 3.01. The molecule has 0 bridgehead atoms. The summed E-state index contributed by atoms with van der Waals surface area (Å²) in [6.07, 6.45) is 6.19. The van der Waals surface area contributed by atoms with Crippen LogP contribution in [0, 0.1) is 0 Å². The molecule has 2 saturated heterocycles. The summed E-state index contributed by atoms with van der Waals surface area (Å²) >= 11 is 0. The van der Waals surface area contributed by atoms with Gasteiger partial charge in [-0.3, -0.25) is 0 Å². The molecule has 2 aliphatic rings. The van der Waals surface area contributed by atoms with Crippen LogP contribution in [-0.4, -0.2) is 35.0 Å². The quantitative estimate of drug-likeness (QED) is 0.740. The van der Waals surface area contributed by atoms with Gasteiger partial charge in [-0.25, -0.2) is 0 Å². The highest BCUT2D eigenvalue weighted by molar-refractivity contribution is 5.23. The van der Waals surface area contributed by atoms with Gasteiger partial charge in [0.15, 0.2) is 6.29 Å². The van der Waals surface area contributed by atoms with E-state index in [4.69, 9.17) is 9.47 Å². The van der Waals surface area contributed by atoms with Crippen LogP contribution in [0.3, 0.4) is 0 Å². The predicted octanol–water partition coefficient (Wildman–Crippen LogP) is 1.10. The molecule has 0 aliphatic carbocycles. The van der Waals surface area contributed by atoms with Crippen molar-refractivity contribution in [2.75, 3.05) is 6.61 Å². The van der Waals surface area contributed by atoms with Crippen LogP contribution in [0.5, 0.6) is 0 Å². The molecule has 4 heteroatoms. The Hall–Kier alpha value is -0.680. The Morgan fingerprint density at radius 3 is 2.94 bits per heavy atom. The topological polar surface area (TPSA) is 58.9 Å². The summed E-state index contributed by atoms with van der Waals surface area (Å²) in [5.41, 5.74) is 0.804. The lowest BCUT2D eigenvalue weighted by atomic mass is 10.0. The van der Waals surface area contributed by atoms with Crippen molar-refractivity contribution >= 4 is 0 Å². The van der Waals surface area contributed by atoms with Crippen molar-refractivity contribution in [3.05, 3.63) is 23.8 Å². The lowest BCUT2D eigenvalue weighted by molar-refractivity contribution is -0.266. The maximum Gasteiger partial charge on any atom is 0.201 e. The molecule has 0 unspecified atom stereocenters. The minimum absolute atomic E-state index is 0.363. The van der Waals surface area contributed by atoms with Gasteiger partial charge in [-0.05, 0) is 12.0 Å². The van der Waals surface area contributed by atoms with Crippen molar-refractivity contribution in [3.63, 3.8) is 0 Å². The van der Waals surface area contributed by atoms with Crippen molar-refractivity contribution in [2.45, 2.75) is 44.4 Å². The Morgan fingerprint density at radius 2 is 2.31 bits per heavy atom. The highest BCUT2D eigenvalue weighted by Gasteiger charge is 2.52. The predicted molar refractivity (Wildman–Crippen MR) is 58.5 cm³/mol. The Labute approximate surface area is 95.2 Å². The molecule has 3 atom stereocenters. The number of hydrogen-bond donors (Lipinski definition) is 2. The van der Waals surface area contributed by atoms with Crippen molar-refractivity contribution in [2.24, 2.45) is 0 Å². The SMILES string of the molecule is CC/C=C/C=C1\CO[C@@]2(CC[C@@H](O)O2)[C@H]1O. The summed E-state index contributed by atoms with van der Waals surface area (Å²) in [4.78, 5) is 0. The molecule has 0 saturated carbocycles. The van der Waals surface area contributed by atoms with E-state index in [1.54, 1.807) is 0 Å². The first-order valence-corrected chi connectivity index (χ1v) is 5.71. The van der Waals surface area contributed by atoms with Gasteiger partial charge in [0.1, 0.15) is 6.10 Å². The molecule has 2 fully saturated rings. The molecule has 90 valence electrons. The maximum atomic E-state index is 10.1. The first-order valence-electron chi connectivity index (χ1n) is 5.71. The smallest absolute Gasteiger partial charge is 0.201 e. The zero-order valence-electron chi connectivity index (χ0n) is 9.43. The molecule has 2 N–H and O–H groups in total. The van der Waals surface area contributed by atoms with Gasteiger partial charge in [0.25, 0.3) is 0 Å². The molecule has 0 aromatic carbocycles. The van der Waals surface area contributed by atoms with Gasteiger partial charge >= 0.3 is 0 Å². The third-order valence-corrected chi connectivity index (χ3v) is 3.01. The zero-order chi connectivity index (χ0) is 11.6. The van der Waals surface area contributed by atoms with Crippen LogP contribution in [0.15, 0.2) is 23.8 Å². The highest BCUT2D eigenvalue weighted by Crippen LogP contribution is 2.40.